The largest absolute Gasteiger partial charge is 0.434 e. The minimum absolute atomic E-state index is 0.0254. The van der Waals surface area contributed by atoms with Crippen LogP contribution in [0.4, 0.5) is 18.0 Å². The van der Waals surface area contributed by atoms with Gasteiger partial charge in [-0.2, -0.15) is 13.2 Å². The van der Waals surface area contributed by atoms with Crippen LogP contribution in [0.25, 0.3) is 0 Å². The second kappa shape index (κ2) is 6.08. The number of imide groups is 1. The number of nitrogens with zero attached hydrogens (tertiary/aromatic N) is 3. The van der Waals surface area contributed by atoms with E-state index in [1.165, 1.54) is 4.90 Å². The lowest BCUT2D eigenvalue weighted by molar-refractivity contribution is -0.140. The van der Waals surface area contributed by atoms with Crippen molar-refractivity contribution in [3.05, 3.63) is 51.5 Å². The Hall–Kier alpha value is -2.42. The van der Waals surface area contributed by atoms with Gasteiger partial charge in [0.2, 0.25) is 0 Å². The summed E-state index contributed by atoms with van der Waals surface area (Å²) in [7, 11) is 0. The highest BCUT2D eigenvalue weighted by atomic mass is 32.1. The van der Waals surface area contributed by atoms with Gasteiger partial charge in [0.05, 0.1) is 5.01 Å². The first-order valence-electron chi connectivity index (χ1n) is 8.07. The molecular weight excluding hydrogens is 367 g/mol. The summed E-state index contributed by atoms with van der Waals surface area (Å²) in [4.78, 5) is 31.6. The average Bonchev–Trinajstić information content (AvgIpc) is 3.17. The van der Waals surface area contributed by atoms with Crippen LogP contribution < -0.4 is 0 Å². The molecule has 3 heterocycles. The molecular formula is C17H14F3N3O2S. The summed E-state index contributed by atoms with van der Waals surface area (Å²) < 4.78 is 37.9. The van der Waals surface area contributed by atoms with E-state index in [1.54, 1.807) is 0 Å². The van der Waals surface area contributed by atoms with Crippen molar-refractivity contribution in [3.8, 4) is 0 Å². The van der Waals surface area contributed by atoms with Gasteiger partial charge in [-0.1, -0.05) is 24.3 Å². The molecule has 1 saturated heterocycles. The summed E-state index contributed by atoms with van der Waals surface area (Å²) in [6, 6.07) is 6.50. The quantitative estimate of drug-likeness (QED) is 0.767. The van der Waals surface area contributed by atoms with Crippen LogP contribution in [0.1, 0.15) is 27.9 Å². The molecule has 1 unspecified atom stereocenters. The Kier molecular flexibility index (Phi) is 3.98. The fourth-order valence-corrected chi connectivity index (χ4v) is 4.20. The molecule has 4 rings (SSSR count). The van der Waals surface area contributed by atoms with E-state index in [0.717, 1.165) is 32.7 Å². The number of rotatable bonds is 3. The number of halogens is 3. The van der Waals surface area contributed by atoms with Gasteiger partial charge < -0.3 is 4.90 Å². The van der Waals surface area contributed by atoms with E-state index in [2.05, 4.69) is 4.98 Å². The fourth-order valence-electron chi connectivity index (χ4n) is 3.41. The summed E-state index contributed by atoms with van der Waals surface area (Å²) in [6.45, 7) is 0.482. The topological polar surface area (TPSA) is 53.5 Å². The van der Waals surface area contributed by atoms with E-state index in [9.17, 15) is 22.8 Å². The third-order valence-corrected chi connectivity index (χ3v) is 5.56. The molecule has 0 aliphatic carbocycles. The summed E-state index contributed by atoms with van der Waals surface area (Å²) in [5.41, 5.74) is 0.933. The van der Waals surface area contributed by atoms with Crippen molar-refractivity contribution in [2.45, 2.75) is 25.1 Å². The zero-order chi connectivity index (χ0) is 18.5. The Balaban J connectivity index is 1.51. The third-order valence-electron chi connectivity index (χ3n) is 4.65. The zero-order valence-corrected chi connectivity index (χ0v) is 14.3. The number of aromatic nitrogens is 1. The van der Waals surface area contributed by atoms with Crippen molar-refractivity contribution in [3.63, 3.8) is 0 Å². The second-order valence-corrected chi connectivity index (χ2v) is 7.13. The monoisotopic (exact) mass is 381 g/mol. The van der Waals surface area contributed by atoms with E-state index in [0.29, 0.717) is 13.0 Å². The third kappa shape index (κ3) is 2.76. The van der Waals surface area contributed by atoms with E-state index >= 15 is 0 Å². The SMILES string of the molecule is O=C1C2c3ccccc3CCN2C(=O)N1CCc1nc(C(F)(F)F)cs1. The van der Waals surface area contributed by atoms with Crippen LogP contribution in [0.2, 0.25) is 0 Å². The summed E-state index contributed by atoms with van der Waals surface area (Å²) in [5.74, 6) is -0.324. The fraction of sp³-hybridized carbons (Fsp3) is 0.353. The molecule has 5 nitrogen and oxygen atoms in total. The lowest BCUT2D eigenvalue weighted by atomic mass is 9.93. The molecule has 9 heteroatoms. The van der Waals surface area contributed by atoms with Gasteiger partial charge in [-0.15, -0.1) is 11.3 Å². The molecule has 1 fully saturated rings. The maximum atomic E-state index is 12.8. The number of alkyl halides is 3. The highest BCUT2D eigenvalue weighted by molar-refractivity contribution is 7.09. The Morgan fingerprint density at radius 2 is 2.00 bits per heavy atom. The number of amides is 3. The molecule has 136 valence electrons. The van der Waals surface area contributed by atoms with Gasteiger partial charge in [-0.25, -0.2) is 9.78 Å². The normalized spacial score (nSPS) is 19.7. The Morgan fingerprint density at radius 1 is 1.23 bits per heavy atom. The highest BCUT2D eigenvalue weighted by Crippen LogP contribution is 2.37. The first-order valence-corrected chi connectivity index (χ1v) is 8.95. The van der Waals surface area contributed by atoms with Crippen LogP contribution in [0, 0.1) is 0 Å². The van der Waals surface area contributed by atoms with Gasteiger partial charge in [0, 0.05) is 24.9 Å². The number of fused-ring (bicyclic) bond motifs is 3. The molecule has 2 aliphatic heterocycles. The lowest BCUT2D eigenvalue weighted by Gasteiger charge is -2.28. The Bertz CT molecular complexity index is 880. The summed E-state index contributed by atoms with van der Waals surface area (Å²) in [6.07, 6.45) is -3.69. The Morgan fingerprint density at radius 3 is 2.73 bits per heavy atom. The molecule has 0 bridgehead atoms. The van der Waals surface area contributed by atoms with Gasteiger partial charge >= 0.3 is 12.2 Å². The number of thiazole rings is 1. The zero-order valence-electron chi connectivity index (χ0n) is 13.5. The van der Waals surface area contributed by atoms with Crippen molar-refractivity contribution < 1.29 is 22.8 Å². The molecule has 1 aromatic carbocycles. The maximum absolute atomic E-state index is 12.8. The van der Waals surface area contributed by atoms with Gasteiger partial charge in [0.1, 0.15) is 6.04 Å². The molecule has 3 amide bonds. The van der Waals surface area contributed by atoms with Gasteiger partial charge in [-0.05, 0) is 17.5 Å². The summed E-state index contributed by atoms with van der Waals surface area (Å²) >= 11 is 0.882. The van der Waals surface area contributed by atoms with Crippen molar-refractivity contribution >= 4 is 23.3 Å². The standard InChI is InChI=1S/C17H14F3N3O2S/c18-17(19,20)12-9-26-13(21-12)6-8-23-15(24)14-11-4-2-1-3-10(11)5-7-22(14)16(23)25/h1-4,9,14H,5-8H2. The first-order chi connectivity index (χ1) is 12.4. The Labute approximate surface area is 151 Å². The molecule has 2 aromatic rings. The number of benzene rings is 1. The molecule has 0 radical (unpaired) electrons. The first kappa shape index (κ1) is 17.0. The van der Waals surface area contributed by atoms with Crippen LogP contribution in [0.3, 0.4) is 0 Å². The number of hydrogen-bond acceptors (Lipinski definition) is 4. The molecule has 1 aromatic heterocycles. The number of carbonyl (C=O) groups is 2. The van der Waals surface area contributed by atoms with Gasteiger partial charge in [0.25, 0.3) is 5.91 Å². The van der Waals surface area contributed by atoms with Crippen molar-refractivity contribution in [1.82, 2.24) is 14.8 Å². The second-order valence-electron chi connectivity index (χ2n) is 6.19. The predicted octanol–water partition coefficient (Wildman–Crippen LogP) is 3.27. The minimum atomic E-state index is -4.49. The number of hydrogen-bond donors (Lipinski definition) is 0. The number of carbonyl (C=O) groups excluding carboxylic acids is 2. The summed E-state index contributed by atoms with van der Waals surface area (Å²) in [5, 5.41) is 1.20. The minimum Gasteiger partial charge on any atom is -0.308 e. The molecule has 0 saturated carbocycles. The van der Waals surface area contributed by atoms with E-state index < -0.39 is 17.9 Å². The smallest absolute Gasteiger partial charge is 0.308 e. The van der Waals surface area contributed by atoms with E-state index in [4.69, 9.17) is 0 Å². The van der Waals surface area contributed by atoms with Crippen molar-refractivity contribution in [2.24, 2.45) is 0 Å². The predicted molar refractivity (Wildman–Crippen MR) is 87.5 cm³/mol. The molecule has 1 atom stereocenters. The van der Waals surface area contributed by atoms with Gasteiger partial charge in [0.15, 0.2) is 5.69 Å². The molecule has 26 heavy (non-hydrogen) atoms. The van der Waals surface area contributed by atoms with Crippen LogP contribution in [-0.4, -0.2) is 39.8 Å². The molecule has 0 spiro atoms. The van der Waals surface area contributed by atoms with E-state index in [-0.39, 0.29) is 29.9 Å². The van der Waals surface area contributed by atoms with Crippen LogP contribution in [0.15, 0.2) is 29.6 Å². The average molecular weight is 381 g/mol. The van der Waals surface area contributed by atoms with Crippen molar-refractivity contribution in [2.75, 3.05) is 13.1 Å². The van der Waals surface area contributed by atoms with E-state index in [1.807, 2.05) is 24.3 Å². The van der Waals surface area contributed by atoms with Crippen LogP contribution >= 0.6 is 11.3 Å². The maximum Gasteiger partial charge on any atom is 0.434 e. The number of urea groups is 1. The van der Waals surface area contributed by atoms with Crippen LogP contribution in [0.5, 0.6) is 0 Å². The van der Waals surface area contributed by atoms with Gasteiger partial charge in [-0.3, -0.25) is 9.69 Å². The highest BCUT2D eigenvalue weighted by Gasteiger charge is 2.47. The van der Waals surface area contributed by atoms with Crippen LogP contribution in [-0.2, 0) is 23.8 Å². The molecule has 0 N–H and O–H groups in total. The lowest BCUT2D eigenvalue weighted by Crippen LogP contribution is -2.36. The molecule has 2 aliphatic rings. The van der Waals surface area contributed by atoms with Crippen molar-refractivity contribution in [1.29, 1.82) is 0 Å².